The van der Waals surface area contributed by atoms with E-state index in [0.29, 0.717) is 6.54 Å². The Bertz CT molecular complexity index is 583. The van der Waals surface area contributed by atoms with Crippen molar-refractivity contribution in [2.75, 3.05) is 13.2 Å². The Morgan fingerprint density at radius 2 is 2.00 bits per heavy atom. The van der Waals surface area contributed by atoms with Crippen molar-refractivity contribution in [3.63, 3.8) is 0 Å². The lowest BCUT2D eigenvalue weighted by molar-refractivity contribution is 0.156. The quantitative estimate of drug-likeness (QED) is 0.637. The molecule has 0 unspecified atom stereocenters. The minimum absolute atomic E-state index is 0.119. The van der Waals surface area contributed by atoms with E-state index in [0.717, 1.165) is 23.1 Å². The van der Waals surface area contributed by atoms with Crippen LogP contribution >= 0.6 is 0 Å². The van der Waals surface area contributed by atoms with Crippen LogP contribution in [0.5, 0.6) is 0 Å². The lowest BCUT2D eigenvalue weighted by Gasteiger charge is -2.21. The first-order valence-electron chi connectivity index (χ1n) is 6.03. The molecule has 18 heavy (non-hydrogen) atoms. The van der Waals surface area contributed by atoms with Gasteiger partial charge in [-0.1, -0.05) is 19.9 Å². The van der Waals surface area contributed by atoms with E-state index in [4.69, 9.17) is 5.11 Å². The Labute approximate surface area is 105 Å². The Morgan fingerprint density at radius 3 is 2.72 bits per heavy atom. The zero-order valence-electron chi connectivity index (χ0n) is 10.7. The van der Waals surface area contributed by atoms with Crippen LogP contribution in [0, 0.1) is 5.41 Å². The summed E-state index contributed by atoms with van der Waals surface area (Å²) in [6, 6.07) is 5.82. The van der Waals surface area contributed by atoms with Crippen LogP contribution in [0.2, 0.25) is 0 Å². The highest BCUT2D eigenvalue weighted by molar-refractivity contribution is 5.74. The second-order valence-electron chi connectivity index (χ2n) is 5.38. The van der Waals surface area contributed by atoms with Crippen molar-refractivity contribution in [1.82, 2.24) is 15.3 Å². The van der Waals surface area contributed by atoms with Gasteiger partial charge in [0, 0.05) is 25.1 Å². The van der Waals surface area contributed by atoms with Crippen LogP contribution in [0.3, 0.4) is 0 Å². The van der Waals surface area contributed by atoms with Crippen molar-refractivity contribution >= 4 is 11.0 Å². The first-order chi connectivity index (χ1) is 8.50. The highest BCUT2D eigenvalue weighted by Gasteiger charge is 2.15. The number of hydrogen-bond acceptors (Lipinski definition) is 3. The first-order valence-corrected chi connectivity index (χ1v) is 6.03. The minimum atomic E-state index is -0.184. The molecule has 5 nitrogen and oxygen atoms in total. The van der Waals surface area contributed by atoms with E-state index >= 15 is 0 Å². The SMILES string of the molecule is CC(C)(CO)CNCc1ccc2[nH]c(=O)[nH]c2c1. The molecule has 0 saturated heterocycles. The molecule has 0 aliphatic heterocycles. The maximum absolute atomic E-state index is 11.1. The van der Waals surface area contributed by atoms with Crippen LogP contribution in [-0.4, -0.2) is 28.2 Å². The van der Waals surface area contributed by atoms with Crippen molar-refractivity contribution in [1.29, 1.82) is 0 Å². The largest absolute Gasteiger partial charge is 0.396 e. The van der Waals surface area contributed by atoms with E-state index in [1.54, 1.807) is 0 Å². The van der Waals surface area contributed by atoms with Crippen molar-refractivity contribution < 1.29 is 5.11 Å². The standard InChI is InChI=1S/C13H19N3O2/c1-13(2,8-17)7-14-6-9-3-4-10-11(5-9)16-12(18)15-10/h3-5,14,17H,6-8H2,1-2H3,(H2,15,16,18). The number of benzene rings is 1. The lowest BCUT2D eigenvalue weighted by Crippen LogP contribution is -2.31. The van der Waals surface area contributed by atoms with Gasteiger partial charge in [-0.05, 0) is 17.7 Å². The van der Waals surface area contributed by atoms with Gasteiger partial charge < -0.3 is 20.4 Å². The first kappa shape index (κ1) is 12.9. The molecule has 5 heteroatoms. The van der Waals surface area contributed by atoms with E-state index < -0.39 is 0 Å². The summed E-state index contributed by atoms with van der Waals surface area (Å²) in [6.07, 6.45) is 0. The second kappa shape index (κ2) is 4.96. The average Bonchev–Trinajstić information content (AvgIpc) is 2.68. The molecule has 2 aromatic rings. The highest BCUT2D eigenvalue weighted by Crippen LogP contribution is 2.13. The van der Waals surface area contributed by atoms with Crippen LogP contribution in [-0.2, 0) is 6.54 Å². The predicted octanol–water partition coefficient (Wildman–Crippen LogP) is 0.964. The normalized spacial score (nSPS) is 12.2. The third-order valence-electron chi connectivity index (χ3n) is 2.94. The van der Waals surface area contributed by atoms with Gasteiger partial charge >= 0.3 is 5.69 Å². The molecule has 0 atom stereocenters. The van der Waals surface area contributed by atoms with Crippen molar-refractivity contribution in [3.8, 4) is 0 Å². The second-order valence-corrected chi connectivity index (χ2v) is 5.38. The topological polar surface area (TPSA) is 80.9 Å². The van der Waals surface area contributed by atoms with Gasteiger partial charge in [-0.15, -0.1) is 0 Å². The number of imidazole rings is 1. The van der Waals surface area contributed by atoms with Crippen LogP contribution < -0.4 is 11.0 Å². The summed E-state index contributed by atoms with van der Waals surface area (Å²) < 4.78 is 0. The van der Waals surface area contributed by atoms with Gasteiger partial charge in [0.05, 0.1) is 11.0 Å². The molecular weight excluding hydrogens is 230 g/mol. The Balaban J connectivity index is 2.01. The predicted molar refractivity (Wildman–Crippen MR) is 71.5 cm³/mol. The van der Waals surface area contributed by atoms with E-state index in [9.17, 15) is 4.79 Å². The number of H-pyrrole nitrogens is 2. The molecule has 0 amide bonds. The summed E-state index contributed by atoms with van der Waals surface area (Å²) in [5, 5.41) is 12.5. The van der Waals surface area contributed by atoms with Gasteiger partial charge in [0.25, 0.3) is 0 Å². The molecule has 0 aliphatic carbocycles. The molecule has 1 aromatic heterocycles. The van der Waals surface area contributed by atoms with Gasteiger partial charge in [-0.2, -0.15) is 0 Å². The zero-order valence-corrected chi connectivity index (χ0v) is 10.7. The molecule has 1 heterocycles. The average molecular weight is 249 g/mol. The van der Waals surface area contributed by atoms with E-state index in [2.05, 4.69) is 15.3 Å². The molecule has 0 aliphatic rings. The van der Waals surface area contributed by atoms with Gasteiger partial charge in [-0.25, -0.2) is 4.79 Å². The summed E-state index contributed by atoms with van der Waals surface area (Å²) in [4.78, 5) is 16.6. The fraction of sp³-hybridized carbons (Fsp3) is 0.462. The van der Waals surface area contributed by atoms with Crippen molar-refractivity contribution in [3.05, 3.63) is 34.2 Å². The van der Waals surface area contributed by atoms with E-state index in [1.807, 2.05) is 32.0 Å². The molecular formula is C13H19N3O2. The fourth-order valence-corrected chi connectivity index (χ4v) is 1.79. The smallest absolute Gasteiger partial charge is 0.323 e. The molecule has 0 radical (unpaired) electrons. The number of fused-ring (bicyclic) bond motifs is 1. The van der Waals surface area contributed by atoms with E-state index in [1.165, 1.54) is 0 Å². The maximum Gasteiger partial charge on any atom is 0.323 e. The number of nitrogens with one attached hydrogen (secondary N) is 3. The number of aliphatic hydroxyl groups is 1. The van der Waals surface area contributed by atoms with Gasteiger partial charge in [0.2, 0.25) is 0 Å². The van der Waals surface area contributed by atoms with Crippen LogP contribution in [0.4, 0.5) is 0 Å². The number of hydrogen-bond donors (Lipinski definition) is 4. The van der Waals surface area contributed by atoms with E-state index in [-0.39, 0.29) is 17.7 Å². The Hall–Kier alpha value is -1.59. The Kier molecular flexibility index (Phi) is 3.54. The maximum atomic E-state index is 11.1. The third-order valence-corrected chi connectivity index (χ3v) is 2.94. The number of aromatic nitrogens is 2. The molecule has 2 rings (SSSR count). The Morgan fingerprint density at radius 1 is 1.28 bits per heavy atom. The van der Waals surface area contributed by atoms with Gasteiger partial charge in [0.15, 0.2) is 0 Å². The summed E-state index contributed by atoms with van der Waals surface area (Å²) >= 11 is 0. The van der Waals surface area contributed by atoms with Gasteiger partial charge in [-0.3, -0.25) is 0 Å². The minimum Gasteiger partial charge on any atom is -0.396 e. The molecule has 0 saturated carbocycles. The number of aromatic amines is 2. The molecule has 0 spiro atoms. The van der Waals surface area contributed by atoms with Crippen molar-refractivity contribution in [2.24, 2.45) is 5.41 Å². The monoisotopic (exact) mass is 249 g/mol. The van der Waals surface area contributed by atoms with Crippen LogP contribution in [0.1, 0.15) is 19.4 Å². The summed E-state index contributed by atoms with van der Waals surface area (Å²) in [7, 11) is 0. The van der Waals surface area contributed by atoms with Crippen LogP contribution in [0.15, 0.2) is 23.0 Å². The van der Waals surface area contributed by atoms with Gasteiger partial charge in [0.1, 0.15) is 0 Å². The molecule has 4 N–H and O–H groups in total. The lowest BCUT2D eigenvalue weighted by atomic mass is 9.95. The molecule has 0 bridgehead atoms. The number of aliphatic hydroxyl groups excluding tert-OH is 1. The molecule has 1 aromatic carbocycles. The molecule has 0 fully saturated rings. The fourth-order valence-electron chi connectivity index (χ4n) is 1.79. The summed E-state index contributed by atoms with van der Waals surface area (Å²) in [5.41, 5.74) is 2.44. The molecule has 98 valence electrons. The van der Waals surface area contributed by atoms with Crippen molar-refractivity contribution in [2.45, 2.75) is 20.4 Å². The highest BCUT2D eigenvalue weighted by atomic mass is 16.3. The zero-order chi connectivity index (χ0) is 13.2. The van der Waals surface area contributed by atoms with Crippen LogP contribution in [0.25, 0.3) is 11.0 Å². The third kappa shape index (κ3) is 3.00. The summed E-state index contributed by atoms with van der Waals surface area (Å²) in [6.45, 7) is 5.63. The summed E-state index contributed by atoms with van der Waals surface area (Å²) in [5.74, 6) is 0. The number of rotatable bonds is 5.